The van der Waals surface area contributed by atoms with E-state index in [4.69, 9.17) is 23.4 Å². The molecular weight excluding hydrogens is 380 g/mol. The fourth-order valence-corrected chi connectivity index (χ4v) is 3.20. The van der Waals surface area contributed by atoms with Crippen LogP contribution in [-0.2, 0) is 38.8 Å². The third-order valence-corrected chi connectivity index (χ3v) is 4.78. The minimum atomic E-state index is -0.475. The highest BCUT2D eigenvalue weighted by Gasteiger charge is 2.29. The number of hydrogen-bond donors (Lipinski definition) is 0. The summed E-state index contributed by atoms with van der Waals surface area (Å²) in [6.45, 7) is 1.77. The van der Waals surface area contributed by atoms with Crippen LogP contribution in [0.4, 0.5) is 0 Å². The Morgan fingerprint density at radius 3 is 2.13 bits per heavy atom. The van der Waals surface area contributed by atoms with Crippen LogP contribution >= 0.6 is 0 Å². The van der Waals surface area contributed by atoms with Crippen molar-refractivity contribution in [2.75, 3.05) is 6.61 Å². The lowest BCUT2D eigenvalue weighted by molar-refractivity contribution is -0.200. The van der Waals surface area contributed by atoms with Crippen molar-refractivity contribution in [1.82, 2.24) is 0 Å². The van der Waals surface area contributed by atoms with Crippen molar-refractivity contribution in [3.8, 4) is 0 Å². The van der Waals surface area contributed by atoms with Gasteiger partial charge in [0, 0.05) is 0 Å². The molecule has 0 aliphatic carbocycles. The molecule has 0 bridgehead atoms. The van der Waals surface area contributed by atoms with Gasteiger partial charge < -0.3 is 23.4 Å². The summed E-state index contributed by atoms with van der Waals surface area (Å²) in [5.74, 6) is 0.756. The summed E-state index contributed by atoms with van der Waals surface area (Å²) in [5.41, 5.74) is 2.24. The highest BCUT2D eigenvalue weighted by atomic mass is 16.7. The standard InChI is InChI=1S/C25H26O5/c1-3-8-20(9-4-1)16-26-19-24-23(28-17-21-10-5-2-6-11-21)13-14-25(30-24)29-18-22-12-7-15-27-22/h1-15,23-25H,16-19H2/t23-,24+,25-/m0/s1. The van der Waals surface area contributed by atoms with Gasteiger partial charge in [0.25, 0.3) is 0 Å². The molecule has 0 saturated heterocycles. The minimum absolute atomic E-state index is 0.218. The van der Waals surface area contributed by atoms with Gasteiger partial charge in [-0.05, 0) is 29.3 Å². The van der Waals surface area contributed by atoms with Gasteiger partial charge in [-0.25, -0.2) is 0 Å². The van der Waals surface area contributed by atoms with Crippen LogP contribution in [0.25, 0.3) is 0 Å². The first kappa shape index (κ1) is 20.6. The molecule has 3 atom stereocenters. The molecule has 4 rings (SSSR count). The number of benzene rings is 2. The highest BCUT2D eigenvalue weighted by Crippen LogP contribution is 2.20. The Bertz CT molecular complexity index is 876. The first-order chi connectivity index (χ1) is 14.9. The van der Waals surface area contributed by atoms with Crippen molar-refractivity contribution in [3.05, 3.63) is 108 Å². The predicted octanol–water partition coefficient (Wildman–Crippen LogP) is 4.88. The second kappa shape index (κ2) is 10.9. The second-order valence-corrected chi connectivity index (χ2v) is 7.08. The average molecular weight is 406 g/mol. The van der Waals surface area contributed by atoms with Crippen LogP contribution in [0.15, 0.2) is 95.6 Å². The van der Waals surface area contributed by atoms with Crippen LogP contribution in [0.5, 0.6) is 0 Å². The molecule has 30 heavy (non-hydrogen) atoms. The number of rotatable bonds is 10. The van der Waals surface area contributed by atoms with Crippen LogP contribution in [0.3, 0.4) is 0 Å². The Balaban J connectivity index is 1.34. The lowest BCUT2D eigenvalue weighted by Gasteiger charge is -2.32. The molecule has 1 aliphatic heterocycles. The van der Waals surface area contributed by atoms with E-state index in [0.717, 1.165) is 16.9 Å². The lowest BCUT2D eigenvalue weighted by Crippen LogP contribution is -2.41. The van der Waals surface area contributed by atoms with E-state index in [-0.39, 0.29) is 12.2 Å². The normalized spacial score (nSPS) is 21.0. The largest absolute Gasteiger partial charge is 0.467 e. The van der Waals surface area contributed by atoms with Gasteiger partial charge in [0.05, 0.1) is 26.1 Å². The molecule has 156 valence electrons. The Morgan fingerprint density at radius 1 is 0.700 bits per heavy atom. The molecule has 0 fully saturated rings. The van der Waals surface area contributed by atoms with Gasteiger partial charge in [-0.2, -0.15) is 0 Å². The van der Waals surface area contributed by atoms with Gasteiger partial charge in [0.1, 0.15) is 24.6 Å². The molecule has 0 saturated carbocycles. The zero-order valence-corrected chi connectivity index (χ0v) is 16.8. The molecule has 5 nitrogen and oxygen atoms in total. The summed E-state index contributed by atoms with van der Waals surface area (Å²) in [5, 5.41) is 0. The first-order valence-electron chi connectivity index (χ1n) is 10.1. The topological polar surface area (TPSA) is 50.1 Å². The molecule has 0 unspecified atom stereocenters. The molecule has 2 heterocycles. The molecule has 1 aromatic heterocycles. The SMILES string of the molecule is C1=C[C@H](OCc2ccccc2)[C@@H](COCc2ccccc2)O[C@@H]1OCc1ccco1. The molecule has 0 radical (unpaired) electrons. The van der Waals surface area contributed by atoms with Crippen molar-refractivity contribution in [2.24, 2.45) is 0 Å². The molecule has 1 aliphatic rings. The van der Waals surface area contributed by atoms with E-state index in [2.05, 4.69) is 0 Å². The maximum absolute atomic E-state index is 6.12. The Morgan fingerprint density at radius 2 is 1.43 bits per heavy atom. The first-order valence-corrected chi connectivity index (χ1v) is 10.1. The summed E-state index contributed by atoms with van der Waals surface area (Å²) >= 11 is 0. The van der Waals surface area contributed by atoms with Crippen LogP contribution < -0.4 is 0 Å². The second-order valence-electron chi connectivity index (χ2n) is 7.08. The Kier molecular flexibility index (Phi) is 7.47. The van der Waals surface area contributed by atoms with E-state index in [1.54, 1.807) is 6.26 Å². The molecule has 0 amide bonds. The Hall–Kier alpha value is -2.70. The van der Waals surface area contributed by atoms with Crippen molar-refractivity contribution in [1.29, 1.82) is 0 Å². The van der Waals surface area contributed by atoms with Crippen molar-refractivity contribution in [2.45, 2.75) is 38.3 Å². The third kappa shape index (κ3) is 6.15. The molecule has 0 N–H and O–H groups in total. The van der Waals surface area contributed by atoms with Crippen LogP contribution in [0.2, 0.25) is 0 Å². The molecule has 0 spiro atoms. The van der Waals surface area contributed by atoms with Crippen LogP contribution in [-0.4, -0.2) is 25.1 Å². The fourth-order valence-electron chi connectivity index (χ4n) is 3.20. The van der Waals surface area contributed by atoms with Crippen LogP contribution in [0.1, 0.15) is 16.9 Å². The highest BCUT2D eigenvalue weighted by molar-refractivity contribution is 5.14. The molecule has 5 heteroatoms. The monoisotopic (exact) mass is 406 g/mol. The minimum Gasteiger partial charge on any atom is -0.467 e. The van der Waals surface area contributed by atoms with Gasteiger partial charge >= 0.3 is 0 Å². The smallest absolute Gasteiger partial charge is 0.178 e. The summed E-state index contributed by atoms with van der Waals surface area (Å²) < 4.78 is 29.3. The van der Waals surface area contributed by atoms with E-state index in [0.29, 0.717) is 26.4 Å². The summed E-state index contributed by atoms with van der Waals surface area (Å²) in [6, 6.07) is 23.9. The number of hydrogen-bond acceptors (Lipinski definition) is 5. The third-order valence-electron chi connectivity index (χ3n) is 4.78. The maximum Gasteiger partial charge on any atom is 0.178 e. The maximum atomic E-state index is 6.12. The van der Waals surface area contributed by atoms with Gasteiger partial charge in [-0.15, -0.1) is 0 Å². The predicted molar refractivity (Wildman–Crippen MR) is 112 cm³/mol. The fraction of sp³-hybridized carbons (Fsp3) is 0.280. The van der Waals surface area contributed by atoms with Gasteiger partial charge in [-0.1, -0.05) is 66.7 Å². The van der Waals surface area contributed by atoms with E-state index in [1.807, 2.05) is 84.9 Å². The van der Waals surface area contributed by atoms with Gasteiger partial charge in [0.15, 0.2) is 6.29 Å². The zero-order chi connectivity index (χ0) is 20.4. The quantitative estimate of drug-likeness (QED) is 0.449. The lowest BCUT2D eigenvalue weighted by atomic mass is 10.1. The van der Waals surface area contributed by atoms with Crippen LogP contribution in [0, 0.1) is 0 Å². The zero-order valence-electron chi connectivity index (χ0n) is 16.8. The van der Waals surface area contributed by atoms with Crippen molar-refractivity contribution in [3.63, 3.8) is 0 Å². The summed E-state index contributed by atoms with van der Waals surface area (Å²) in [6.07, 6.45) is 4.54. The molecular formula is C25H26O5. The summed E-state index contributed by atoms with van der Waals surface area (Å²) in [4.78, 5) is 0. The molecule has 3 aromatic rings. The van der Waals surface area contributed by atoms with Crippen molar-refractivity contribution >= 4 is 0 Å². The van der Waals surface area contributed by atoms with E-state index in [9.17, 15) is 0 Å². The Labute approximate surface area is 176 Å². The van der Waals surface area contributed by atoms with E-state index >= 15 is 0 Å². The van der Waals surface area contributed by atoms with Gasteiger partial charge in [-0.3, -0.25) is 0 Å². The van der Waals surface area contributed by atoms with Crippen molar-refractivity contribution < 1.29 is 23.4 Å². The average Bonchev–Trinajstić information content (AvgIpc) is 3.32. The summed E-state index contributed by atoms with van der Waals surface area (Å²) in [7, 11) is 0. The van der Waals surface area contributed by atoms with E-state index in [1.165, 1.54) is 0 Å². The number of furan rings is 1. The number of ether oxygens (including phenoxy) is 4. The van der Waals surface area contributed by atoms with Gasteiger partial charge in [0.2, 0.25) is 0 Å². The molecule has 2 aromatic carbocycles. The van der Waals surface area contributed by atoms with E-state index < -0.39 is 6.29 Å².